The first-order valence-electron chi connectivity index (χ1n) is 13.3. The van der Waals surface area contributed by atoms with Gasteiger partial charge in [-0.25, -0.2) is 9.59 Å². The highest BCUT2D eigenvalue weighted by atomic mass is 16.6. The molecule has 0 aliphatic rings. The number of rotatable bonds is 17. The molecule has 0 bridgehead atoms. The van der Waals surface area contributed by atoms with Crippen molar-refractivity contribution in [1.82, 2.24) is 21.3 Å². The van der Waals surface area contributed by atoms with Gasteiger partial charge in [-0.15, -0.1) is 0 Å². The van der Waals surface area contributed by atoms with Gasteiger partial charge in [0, 0.05) is 32.2 Å². The summed E-state index contributed by atoms with van der Waals surface area (Å²) in [6.45, 7) is 9.12. The lowest BCUT2D eigenvalue weighted by atomic mass is 10.1. The zero-order chi connectivity index (χ0) is 27.5. The van der Waals surface area contributed by atoms with Crippen molar-refractivity contribution in [3.63, 3.8) is 0 Å². The number of carbonyl (C=O) groups excluding carboxylic acids is 2. The Hall–Kier alpha value is -3.14. The van der Waals surface area contributed by atoms with E-state index in [0.717, 1.165) is 36.9 Å². The topological polar surface area (TPSA) is 110 Å². The molecule has 1 unspecified atom stereocenters. The second-order valence-corrected chi connectivity index (χ2v) is 10.00. The minimum atomic E-state index is -0.502. The molecule has 0 fully saturated rings. The van der Waals surface area contributed by atoms with Gasteiger partial charge >= 0.3 is 12.2 Å². The average molecular weight is 529 g/mol. The van der Waals surface area contributed by atoms with Crippen molar-refractivity contribution < 1.29 is 23.8 Å². The Bertz CT molecular complexity index is 906. The largest absolute Gasteiger partial charge is 0.445 e. The molecular weight excluding hydrogens is 484 g/mol. The first-order valence-corrected chi connectivity index (χ1v) is 13.3. The number of ether oxygens (including phenoxy) is 3. The highest BCUT2D eigenvalue weighted by Crippen LogP contribution is 2.07. The Kier molecular flexibility index (Phi) is 14.9. The number of carbonyl (C=O) groups is 2. The van der Waals surface area contributed by atoms with E-state index in [4.69, 9.17) is 14.2 Å². The fourth-order valence-corrected chi connectivity index (χ4v) is 3.52. The summed E-state index contributed by atoms with van der Waals surface area (Å²) < 4.78 is 16.3. The van der Waals surface area contributed by atoms with Gasteiger partial charge in [-0.2, -0.15) is 0 Å². The Morgan fingerprint density at radius 2 is 1.42 bits per heavy atom. The predicted octanol–water partition coefficient (Wildman–Crippen LogP) is 4.33. The Balaban J connectivity index is 1.63. The van der Waals surface area contributed by atoms with Crippen LogP contribution in [0.3, 0.4) is 0 Å². The Morgan fingerprint density at radius 1 is 0.789 bits per heavy atom. The average Bonchev–Trinajstić information content (AvgIpc) is 2.89. The standard InChI is InChI=1S/C29H44N4O5/c1-29(2,3)38-28(35)31-17-11-10-16-26(33-23-36-21-24-12-6-4-7-13-24)20-30-18-19-32-27(34)37-22-25-14-8-5-9-15-25/h4-9,12-15,26,30,33H,10-11,16-23H2,1-3H3,(H,31,35)(H,32,34). The third-order valence-corrected chi connectivity index (χ3v) is 5.41. The molecule has 0 aliphatic carbocycles. The number of benzene rings is 2. The van der Waals surface area contributed by atoms with Crippen molar-refractivity contribution >= 4 is 12.2 Å². The number of hydrogen-bond donors (Lipinski definition) is 4. The van der Waals surface area contributed by atoms with Crippen LogP contribution >= 0.6 is 0 Å². The normalized spacial score (nSPS) is 12.0. The monoisotopic (exact) mass is 528 g/mol. The molecule has 0 aromatic heterocycles. The quantitative estimate of drug-likeness (QED) is 0.179. The Morgan fingerprint density at radius 3 is 2.08 bits per heavy atom. The molecule has 2 amide bonds. The molecule has 4 N–H and O–H groups in total. The molecule has 210 valence electrons. The lowest BCUT2D eigenvalue weighted by molar-refractivity contribution is 0.0526. The van der Waals surface area contributed by atoms with Gasteiger partial charge in [-0.3, -0.25) is 5.32 Å². The second kappa shape index (κ2) is 18.2. The van der Waals surface area contributed by atoms with Crippen molar-refractivity contribution in [3.8, 4) is 0 Å². The summed E-state index contributed by atoms with van der Waals surface area (Å²) in [5, 5.41) is 12.4. The van der Waals surface area contributed by atoms with Crippen LogP contribution in [0.15, 0.2) is 60.7 Å². The van der Waals surface area contributed by atoms with Gasteiger partial charge in [0.15, 0.2) is 0 Å². The van der Waals surface area contributed by atoms with Crippen LogP contribution in [-0.4, -0.2) is 56.7 Å². The number of alkyl carbamates (subject to hydrolysis) is 2. The number of nitrogens with one attached hydrogen (secondary N) is 4. The van der Waals surface area contributed by atoms with Gasteiger partial charge in [0.25, 0.3) is 0 Å². The van der Waals surface area contributed by atoms with E-state index in [1.807, 2.05) is 81.4 Å². The molecule has 0 aliphatic heterocycles. The smallest absolute Gasteiger partial charge is 0.407 e. The molecule has 9 heteroatoms. The molecule has 2 aromatic rings. The molecule has 38 heavy (non-hydrogen) atoms. The fourth-order valence-electron chi connectivity index (χ4n) is 3.52. The van der Waals surface area contributed by atoms with Crippen LogP contribution in [0.5, 0.6) is 0 Å². The number of unbranched alkanes of at least 4 members (excludes halogenated alkanes) is 1. The van der Waals surface area contributed by atoms with E-state index in [-0.39, 0.29) is 12.6 Å². The predicted molar refractivity (Wildman–Crippen MR) is 149 cm³/mol. The minimum absolute atomic E-state index is 0.178. The van der Waals surface area contributed by atoms with Gasteiger partial charge < -0.3 is 30.2 Å². The zero-order valence-corrected chi connectivity index (χ0v) is 23.0. The van der Waals surface area contributed by atoms with Gasteiger partial charge in [0.05, 0.1) is 13.3 Å². The van der Waals surface area contributed by atoms with E-state index in [1.54, 1.807) is 0 Å². The summed E-state index contributed by atoms with van der Waals surface area (Å²) in [6.07, 6.45) is 1.86. The van der Waals surface area contributed by atoms with Crippen LogP contribution < -0.4 is 21.3 Å². The van der Waals surface area contributed by atoms with E-state index in [9.17, 15) is 9.59 Å². The van der Waals surface area contributed by atoms with Crippen LogP contribution in [0.25, 0.3) is 0 Å². The van der Waals surface area contributed by atoms with Crippen LogP contribution in [0.1, 0.15) is 51.2 Å². The summed E-state index contributed by atoms with van der Waals surface area (Å²) in [6, 6.07) is 19.8. The molecular formula is C29H44N4O5. The minimum Gasteiger partial charge on any atom is -0.445 e. The van der Waals surface area contributed by atoms with Crippen molar-refractivity contribution in [2.24, 2.45) is 0 Å². The summed E-state index contributed by atoms with van der Waals surface area (Å²) in [5.74, 6) is 0. The summed E-state index contributed by atoms with van der Waals surface area (Å²) in [5.41, 5.74) is 1.57. The highest BCUT2D eigenvalue weighted by molar-refractivity contribution is 5.67. The number of hydrogen-bond acceptors (Lipinski definition) is 7. The molecule has 1 atom stereocenters. The third kappa shape index (κ3) is 15.9. The van der Waals surface area contributed by atoms with Gasteiger partial charge in [-0.1, -0.05) is 67.1 Å². The SMILES string of the molecule is CC(C)(C)OC(=O)NCCCCC(CNCCNC(=O)OCc1ccccc1)NCOCc1ccccc1. The molecule has 0 radical (unpaired) electrons. The summed E-state index contributed by atoms with van der Waals surface area (Å²) in [4.78, 5) is 23.7. The van der Waals surface area contributed by atoms with Crippen LogP contribution in [0, 0.1) is 0 Å². The van der Waals surface area contributed by atoms with Gasteiger partial charge in [0.1, 0.15) is 12.2 Å². The maximum atomic E-state index is 11.9. The molecule has 0 heterocycles. The van der Waals surface area contributed by atoms with E-state index >= 15 is 0 Å². The molecule has 9 nitrogen and oxygen atoms in total. The summed E-state index contributed by atoms with van der Waals surface area (Å²) in [7, 11) is 0. The van der Waals surface area contributed by atoms with Crippen LogP contribution in [-0.2, 0) is 27.4 Å². The summed E-state index contributed by atoms with van der Waals surface area (Å²) >= 11 is 0. The molecule has 0 saturated carbocycles. The maximum absolute atomic E-state index is 11.9. The van der Waals surface area contributed by atoms with Crippen LogP contribution in [0.2, 0.25) is 0 Å². The van der Waals surface area contributed by atoms with Crippen molar-refractivity contribution in [3.05, 3.63) is 71.8 Å². The van der Waals surface area contributed by atoms with Crippen molar-refractivity contribution in [2.45, 2.75) is 64.9 Å². The maximum Gasteiger partial charge on any atom is 0.407 e. The van der Waals surface area contributed by atoms with E-state index < -0.39 is 17.8 Å². The van der Waals surface area contributed by atoms with E-state index in [0.29, 0.717) is 33.0 Å². The lowest BCUT2D eigenvalue weighted by Gasteiger charge is -2.21. The second-order valence-electron chi connectivity index (χ2n) is 10.00. The Labute approximate surface area is 227 Å². The van der Waals surface area contributed by atoms with Crippen LogP contribution in [0.4, 0.5) is 9.59 Å². The van der Waals surface area contributed by atoms with Crippen molar-refractivity contribution in [2.75, 3.05) is 32.9 Å². The lowest BCUT2D eigenvalue weighted by Crippen LogP contribution is -2.42. The van der Waals surface area contributed by atoms with Gasteiger partial charge in [0.2, 0.25) is 0 Å². The third-order valence-electron chi connectivity index (χ3n) is 5.41. The van der Waals surface area contributed by atoms with E-state index in [1.165, 1.54) is 0 Å². The molecule has 0 spiro atoms. The number of amides is 2. The fraction of sp³-hybridized carbons (Fsp3) is 0.517. The van der Waals surface area contributed by atoms with E-state index in [2.05, 4.69) is 21.3 Å². The molecule has 0 saturated heterocycles. The first-order chi connectivity index (χ1) is 18.3. The first kappa shape index (κ1) is 31.1. The highest BCUT2D eigenvalue weighted by Gasteiger charge is 2.15. The molecule has 2 rings (SSSR count). The molecule has 2 aromatic carbocycles. The zero-order valence-electron chi connectivity index (χ0n) is 23.0. The van der Waals surface area contributed by atoms with Crippen molar-refractivity contribution in [1.29, 1.82) is 0 Å². The van der Waals surface area contributed by atoms with Gasteiger partial charge in [-0.05, 0) is 44.7 Å².